The van der Waals surface area contributed by atoms with Gasteiger partial charge in [-0.2, -0.15) is 0 Å². The first-order chi connectivity index (χ1) is 10.1. The molecule has 0 aromatic rings. The van der Waals surface area contributed by atoms with Crippen LogP contribution in [0.2, 0.25) is 0 Å². The van der Waals surface area contributed by atoms with E-state index in [1.165, 1.54) is 52.1 Å². The van der Waals surface area contributed by atoms with Crippen molar-refractivity contribution in [1.82, 2.24) is 0 Å². The van der Waals surface area contributed by atoms with Crippen molar-refractivity contribution in [3.63, 3.8) is 0 Å². The number of aliphatic carboxylic acids is 1. The lowest BCUT2D eigenvalue weighted by atomic mass is 10.0. The molecule has 0 spiro atoms. The fourth-order valence-electron chi connectivity index (χ4n) is 2.23. The number of carboxylic acid groups (broad SMARTS) is 1. The summed E-state index contributed by atoms with van der Waals surface area (Å²) < 4.78 is 4.60. The molecule has 4 heteroatoms. The Labute approximate surface area is 128 Å². The lowest BCUT2D eigenvalue weighted by molar-refractivity contribution is -0.148. The quantitative estimate of drug-likeness (QED) is 0.312. The molecule has 21 heavy (non-hydrogen) atoms. The normalized spacial score (nSPS) is 12.5. The van der Waals surface area contributed by atoms with E-state index in [2.05, 4.69) is 11.7 Å². The van der Waals surface area contributed by atoms with Crippen LogP contribution >= 0.6 is 0 Å². The Morgan fingerprint density at radius 3 is 2.14 bits per heavy atom. The average molecular weight is 298 g/mol. The van der Waals surface area contributed by atoms with Gasteiger partial charge in [-0.05, 0) is 12.8 Å². The summed E-state index contributed by atoms with van der Waals surface area (Å²) in [6.07, 6.45) is 14.4. The topological polar surface area (TPSA) is 63.6 Å². The third-order valence-corrected chi connectivity index (χ3v) is 3.49. The molecule has 0 aliphatic carbocycles. The predicted octanol–water partition coefficient (Wildman–Crippen LogP) is 4.34. The summed E-state index contributed by atoms with van der Waals surface area (Å²) >= 11 is 0. The van der Waals surface area contributed by atoms with E-state index in [0.717, 1.165) is 12.8 Å². The summed E-state index contributed by atoms with van der Waals surface area (Å²) in [5, 5.41) is 8.75. The van der Waals surface area contributed by atoms with Crippen molar-refractivity contribution < 1.29 is 19.4 Å². The fourth-order valence-corrected chi connectivity index (χ4v) is 2.23. The third kappa shape index (κ3) is 12.2. The highest BCUT2D eigenvalue weighted by Crippen LogP contribution is 2.12. The first kappa shape index (κ1) is 19.7. The number of rotatable bonds is 13. The van der Waals surface area contributed by atoms with Gasteiger partial charge in [-0.15, -0.1) is 0 Å². The summed E-state index contributed by atoms with van der Waals surface area (Å²) in [6, 6.07) is 0. The van der Waals surface area contributed by atoms with Crippen LogP contribution in [0.15, 0.2) is 12.2 Å². The molecular weight excluding hydrogens is 268 g/mol. The molecule has 0 aliphatic rings. The van der Waals surface area contributed by atoms with Crippen LogP contribution in [-0.2, 0) is 14.3 Å². The summed E-state index contributed by atoms with van der Waals surface area (Å²) in [7, 11) is 1.28. The van der Waals surface area contributed by atoms with Crippen LogP contribution in [-0.4, -0.2) is 24.2 Å². The van der Waals surface area contributed by atoms with Gasteiger partial charge in [0.2, 0.25) is 0 Å². The van der Waals surface area contributed by atoms with Crippen LogP contribution in [0.4, 0.5) is 0 Å². The number of carboxylic acids is 1. The van der Waals surface area contributed by atoms with Crippen LogP contribution in [0.1, 0.15) is 71.1 Å². The molecule has 0 aromatic heterocycles. The van der Waals surface area contributed by atoms with Crippen molar-refractivity contribution in [2.24, 2.45) is 5.92 Å². The van der Waals surface area contributed by atoms with Crippen LogP contribution in [0.5, 0.6) is 0 Å². The highest BCUT2D eigenvalue weighted by atomic mass is 16.5. The molecule has 0 rings (SSSR count). The van der Waals surface area contributed by atoms with Gasteiger partial charge in [0.1, 0.15) is 0 Å². The zero-order chi connectivity index (χ0) is 15.9. The van der Waals surface area contributed by atoms with Gasteiger partial charge < -0.3 is 9.84 Å². The Balaban J connectivity index is 3.71. The largest absolute Gasteiger partial charge is 0.481 e. The molecule has 0 fully saturated rings. The van der Waals surface area contributed by atoms with Crippen LogP contribution < -0.4 is 0 Å². The van der Waals surface area contributed by atoms with E-state index < -0.39 is 17.9 Å². The molecule has 0 bridgehead atoms. The number of ether oxygens (including phenoxy) is 1. The van der Waals surface area contributed by atoms with Crippen molar-refractivity contribution in [3.8, 4) is 0 Å². The molecule has 4 nitrogen and oxygen atoms in total. The standard InChI is InChI=1S/C17H30O4/c1-3-4-5-6-7-8-9-10-11-12-13-15(14-16(18)19)17(20)21-2/h12-13,15H,3-11,14H2,1-2H3,(H,18,19)/b13-12+. The average Bonchev–Trinajstić information content (AvgIpc) is 2.46. The summed E-state index contributed by atoms with van der Waals surface area (Å²) in [5.74, 6) is -2.13. The zero-order valence-corrected chi connectivity index (χ0v) is 13.5. The van der Waals surface area contributed by atoms with Crippen LogP contribution in [0.3, 0.4) is 0 Å². The fraction of sp³-hybridized carbons (Fsp3) is 0.765. The SMILES string of the molecule is CCCCCCCCCC/C=C/C(CC(=O)O)C(=O)OC. The van der Waals surface area contributed by atoms with Crippen molar-refractivity contribution >= 4 is 11.9 Å². The predicted molar refractivity (Wildman–Crippen MR) is 84.1 cm³/mol. The van der Waals surface area contributed by atoms with Gasteiger partial charge in [0.05, 0.1) is 19.4 Å². The number of carbonyl (C=O) groups excluding carboxylic acids is 1. The number of allylic oxidation sites excluding steroid dienone is 1. The van der Waals surface area contributed by atoms with Gasteiger partial charge in [0.25, 0.3) is 0 Å². The minimum absolute atomic E-state index is 0.208. The van der Waals surface area contributed by atoms with Gasteiger partial charge in [-0.25, -0.2) is 0 Å². The maximum atomic E-state index is 11.4. The van der Waals surface area contributed by atoms with E-state index >= 15 is 0 Å². The third-order valence-electron chi connectivity index (χ3n) is 3.49. The second-order valence-corrected chi connectivity index (χ2v) is 5.42. The molecular formula is C17H30O4. The van der Waals surface area contributed by atoms with E-state index in [1.807, 2.05) is 6.08 Å². The molecule has 1 atom stereocenters. The molecule has 122 valence electrons. The maximum Gasteiger partial charge on any atom is 0.313 e. The maximum absolute atomic E-state index is 11.4. The summed E-state index contributed by atoms with van der Waals surface area (Å²) in [6.45, 7) is 2.22. The molecule has 1 unspecified atom stereocenters. The minimum atomic E-state index is -0.984. The Morgan fingerprint density at radius 2 is 1.62 bits per heavy atom. The van der Waals surface area contributed by atoms with Crippen LogP contribution in [0.25, 0.3) is 0 Å². The lowest BCUT2D eigenvalue weighted by Gasteiger charge is -2.07. The Bertz CT molecular complexity index is 310. The number of esters is 1. The molecule has 0 saturated heterocycles. The van der Waals surface area contributed by atoms with Gasteiger partial charge in [0, 0.05) is 0 Å². The van der Waals surface area contributed by atoms with Crippen molar-refractivity contribution in [2.75, 3.05) is 7.11 Å². The Kier molecular flexibility index (Phi) is 12.8. The Hall–Kier alpha value is -1.32. The van der Waals surface area contributed by atoms with E-state index in [1.54, 1.807) is 6.08 Å². The lowest BCUT2D eigenvalue weighted by Crippen LogP contribution is -2.17. The summed E-state index contributed by atoms with van der Waals surface area (Å²) in [5.41, 5.74) is 0. The second-order valence-electron chi connectivity index (χ2n) is 5.42. The van der Waals surface area contributed by atoms with E-state index in [9.17, 15) is 9.59 Å². The number of hydrogen-bond donors (Lipinski definition) is 1. The molecule has 0 aliphatic heterocycles. The highest BCUT2D eigenvalue weighted by molar-refractivity contribution is 5.80. The monoisotopic (exact) mass is 298 g/mol. The minimum Gasteiger partial charge on any atom is -0.481 e. The van der Waals surface area contributed by atoms with E-state index in [0.29, 0.717) is 0 Å². The van der Waals surface area contributed by atoms with Crippen LogP contribution in [0, 0.1) is 5.92 Å². The van der Waals surface area contributed by atoms with Gasteiger partial charge >= 0.3 is 11.9 Å². The zero-order valence-electron chi connectivity index (χ0n) is 13.5. The number of methoxy groups -OCH3 is 1. The van der Waals surface area contributed by atoms with Crippen molar-refractivity contribution in [2.45, 2.75) is 71.1 Å². The molecule has 0 aromatic carbocycles. The number of hydrogen-bond acceptors (Lipinski definition) is 3. The van der Waals surface area contributed by atoms with E-state index in [4.69, 9.17) is 5.11 Å². The molecule has 0 saturated carbocycles. The van der Waals surface area contributed by atoms with Gasteiger partial charge in [-0.3, -0.25) is 9.59 Å². The highest BCUT2D eigenvalue weighted by Gasteiger charge is 2.18. The first-order valence-electron chi connectivity index (χ1n) is 8.08. The molecule has 0 amide bonds. The molecule has 1 N–H and O–H groups in total. The molecule has 0 heterocycles. The van der Waals surface area contributed by atoms with Gasteiger partial charge in [-0.1, -0.05) is 64.0 Å². The van der Waals surface area contributed by atoms with Crippen molar-refractivity contribution in [3.05, 3.63) is 12.2 Å². The van der Waals surface area contributed by atoms with Gasteiger partial charge in [0.15, 0.2) is 0 Å². The Morgan fingerprint density at radius 1 is 1.05 bits per heavy atom. The second kappa shape index (κ2) is 13.7. The van der Waals surface area contributed by atoms with E-state index in [-0.39, 0.29) is 6.42 Å². The molecule has 0 radical (unpaired) electrons. The smallest absolute Gasteiger partial charge is 0.313 e. The number of unbranched alkanes of at least 4 members (excludes halogenated alkanes) is 8. The first-order valence-corrected chi connectivity index (χ1v) is 8.08. The number of carbonyl (C=O) groups is 2. The van der Waals surface area contributed by atoms with Crippen molar-refractivity contribution in [1.29, 1.82) is 0 Å². The summed E-state index contributed by atoms with van der Waals surface area (Å²) in [4.78, 5) is 22.1.